The highest BCUT2D eigenvalue weighted by Gasteiger charge is 2.21. The molecule has 2 aromatic carbocycles. The zero-order valence-electron chi connectivity index (χ0n) is 20.0. The standard InChI is InChI=1S/C26H32N2O7/c1-32-22-12-19(13-23-26(22)35-10-9-34-23)15-28-16-20-11-18(14-25(30)31)5-6-21(20)33-8-4-2-3-7-27-24(29)17-28/h5-6,11-13H,2-4,7-10,14-17H2,1H3,(H,27,29)(H,30,31). The van der Waals surface area contributed by atoms with Crippen LogP contribution in [0.2, 0.25) is 0 Å². The summed E-state index contributed by atoms with van der Waals surface area (Å²) in [4.78, 5) is 26.0. The maximum Gasteiger partial charge on any atom is 0.307 e. The molecular weight excluding hydrogens is 452 g/mol. The van der Waals surface area contributed by atoms with Crippen LogP contribution in [-0.2, 0) is 29.1 Å². The Morgan fingerprint density at radius 3 is 2.66 bits per heavy atom. The summed E-state index contributed by atoms with van der Waals surface area (Å²) in [5, 5.41) is 12.3. The number of benzene rings is 2. The van der Waals surface area contributed by atoms with Crippen molar-refractivity contribution in [2.75, 3.05) is 40.0 Å². The molecule has 9 nitrogen and oxygen atoms in total. The highest BCUT2D eigenvalue weighted by molar-refractivity contribution is 5.78. The summed E-state index contributed by atoms with van der Waals surface area (Å²) in [5.41, 5.74) is 2.45. The molecule has 0 unspecified atom stereocenters. The van der Waals surface area contributed by atoms with Gasteiger partial charge in [0, 0.05) is 25.2 Å². The molecule has 2 N–H and O–H groups in total. The summed E-state index contributed by atoms with van der Waals surface area (Å²) in [6, 6.07) is 9.28. The highest BCUT2D eigenvalue weighted by atomic mass is 16.6. The first-order valence-electron chi connectivity index (χ1n) is 11.9. The Morgan fingerprint density at radius 2 is 1.83 bits per heavy atom. The fourth-order valence-corrected chi connectivity index (χ4v) is 4.34. The first kappa shape index (κ1) is 24.7. The number of nitrogens with one attached hydrogen (secondary N) is 1. The predicted molar refractivity (Wildman–Crippen MR) is 128 cm³/mol. The predicted octanol–water partition coefficient (Wildman–Crippen LogP) is 2.77. The van der Waals surface area contributed by atoms with Crippen LogP contribution in [0.4, 0.5) is 0 Å². The van der Waals surface area contributed by atoms with Crippen molar-refractivity contribution < 1.29 is 33.6 Å². The van der Waals surface area contributed by atoms with Crippen molar-refractivity contribution in [3.63, 3.8) is 0 Å². The fraction of sp³-hybridized carbons (Fsp3) is 0.462. The van der Waals surface area contributed by atoms with Crippen LogP contribution in [0.15, 0.2) is 30.3 Å². The van der Waals surface area contributed by atoms with E-state index >= 15 is 0 Å². The second-order valence-electron chi connectivity index (χ2n) is 8.74. The molecule has 0 radical (unpaired) electrons. The molecule has 2 aliphatic rings. The Morgan fingerprint density at radius 1 is 1.00 bits per heavy atom. The van der Waals surface area contributed by atoms with Gasteiger partial charge in [0.25, 0.3) is 0 Å². The number of carbonyl (C=O) groups is 2. The van der Waals surface area contributed by atoms with Gasteiger partial charge >= 0.3 is 5.97 Å². The number of hydrogen-bond acceptors (Lipinski definition) is 7. The Kier molecular flexibility index (Phi) is 8.31. The molecule has 2 heterocycles. The van der Waals surface area contributed by atoms with Gasteiger partial charge in [0.2, 0.25) is 11.7 Å². The van der Waals surface area contributed by atoms with Crippen LogP contribution in [0, 0.1) is 0 Å². The third-order valence-corrected chi connectivity index (χ3v) is 5.94. The minimum Gasteiger partial charge on any atom is -0.493 e. The SMILES string of the molecule is COc1cc(CN2CC(=O)NCCCCCOc3ccc(CC(=O)O)cc3C2)cc2c1OCCO2. The van der Waals surface area contributed by atoms with Gasteiger partial charge in [0.05, 0.1) is 26.7 Å². The maximum absolute atomic E-state index is 12.7. The smallest absolute Gasteiger partial charge is 0.307 e. The van der Waals surface area contributed by atoms with Gasteiger partial charge in [0.1, 0.15) is 19.0 Å². The van der Waals surface area contributed by atoms with Gasteiger partial charge in [-0.05, 0) is 48.6 Å². The second kappa shape index (κ2) is 11.8. The van der Waals surface area contributed by atoms with E-state index in [2.05, 4.69) is 5.32 Å². The van der Waals surface area contributed by atoms with Crippen LogP contribution in [0.25, 0.3) is 0 Å². The van der Waals surface area contributed by atoms with E-state index in [1.807, 2.05) is 29.2 Å². The zero-order valence-corrected chi connectivity index (χ0v) is 20.0. The van der Waals surface area contributed by atoms with Crippen LogP contribution < -0.4 is 24.3 Å². The van der Waals surface area contributed by atoms with E-state index in [9.17, 15) is 14.7 Å². The topological polar surface area (TPSA) is 107 Å². The zero-order chi connectivity index (χ0) is 24.6. The number of carbonyl (C=O) groups excluding carboxylic acids is 1. The highest BCUT2D eigenvalue weighted by Crippen LogP contribution is 2.40. The van der Waals surface area contributed by atoms with Crippen molar-refractivity contribution in [3.8, 4) is 23.0 Å². The number of fused-ring (bicyclic) bond motifs is 2. The van der Waals surface area contributed by atoms with Crippen molar-refractivity contribution >= 4 is 11.9 Å². The molecule has 35 heavy (non-hydrogen) atoms. The molecule has 0 saturated carbocycles. The first-order chi connectivity index (χ1) is 17.0. The van der Waals surface area contributed by atoms with Crippen LogP contribution >= 0.6 is 0 Å². The number of rotatable bonds is 5. The fourth-order valence-electron chi connectivity index (χ4n) is 4.34. The van der Waals surface area contributed by atoms with Gasteiger partial charge in [-0.25, -0.2) is 0 Å². The number of methoxy groups -OCH3 is 1. The molecule has 0 saturated heterocycles. The summed E-state index contributed by atoms with van der Waals surface area (Å²) in [6.45, 7) is 3.15. The number of amides is 1. The molecule has 0 aliphatic carbocycles. The molecule has 4 rings (SSSR count). The number of aliphatic carboxylic acids is 1. The lowest BCUT2D eigenvalue weighted by Gasteiger charge is -2.25. The number of carboxylic acid groups (broad SMARTS) is 1. The van der Waals surface area contributed by atoms with E-state index in [4.69, 9.17) is 18.9 Å². The third-order valence-electron chi connectivity index (χ3n) is 5.94. The lowest BCUT2D eigenvalue weighted by atomic mass is 10.1. The average Bonchev–Trinajstić information content (AvgIpc) is 2.84. The van der Waals surface area contributed by atoms with Crippen molar-refractivity contribution in [1.82, 2.24) is 10.2 Å². The average molecular weight is 485 g/mol. The number of ether oxygens (including phenoxy) is 4. The summed E-state index contributed by atoms with van der Waals surface area (Å²) in [7, 11) is 1.58. The lowest BCUT2D eigenvalue weighted by Crippen LogP contribution is -2.37. The van der Waals surface area contributed by atoms with Crippen LogP contribution in [0.5, 0.6) is 23.0 Å². The van der Waals surface area contributed by atoms with E-state index in [-0.39, 0.29) is 18.9 Å². The molecule has 2 aromatic rings. The summed E-state index contributed by atoms with van der Waals surface area (Å²) in [6.07, 6.45) is 2.65. The summed E-state index contributed by atoms with van der Waals surface area (Å²) < 4.78 is 23.1. The first-order valence-corrected chi connectivity index (χ1v) is 11.9. The molecular formula is C26H32N2O7. The molecule has 0 atom stereocenters. The molecule has 2 aliphatic heterocycles. The molecule has 1 amide bonds. The van der Waals surface area contributed by atoms with E-state index in [1.54, 1.807) is 13.2 Å². The Hall–Kier alpha value is -3.46. The summed E-state index contributed by atoms with van der Waals surface area (Å²) >= 11 is 0. The lowest BCUT2D eigenvalue weighted by molar-refractivity contribution is -0.136. The van der Waals surface area contributed by atoms with E-state index in [0.29, 0.717) is 68.0 Å². The minimum absolute atomic E-state index is 0.0575. The molecule has 9 heteroatoms. The van der Waals surface area contributed by atoms with Crippen molar-refractivity contribution in [2.24, 2.45) is 0 Å². The van der Waals surface area contributed by atoms with Gasteiger partial charge < -0.3 is 29.4 Å². The van der Waals surface area contributed by atoms with Crippen LogP contribution in [0.1, 0.15) is 36.0 Å². The normalized spacial score (nSPS) is 17.0. The van der Waals surface area contributed by atoms with Crippen molar-refractivity contribution in [3.05, 3.63) is 47.0 Å². The van der Waals surface area contributed by atoms with Gasteiger partial charge in [0.15, 0.2) is 11.5 Å². The maximum atomic E-state index is 12.7. The Bertz CT molecular complexity index is 1040. The monoisotopic (exact) mass is 484 g/mol. The molecule has 0 fully saturated rings. The molecule has 0 bridgehead atoms. The van der Waals surface area contributed by atoms with Crippen molar-refractivity contribution in [2.45, 2.75) is 38.8 Å². The number of hydrogen-bond donors (Lipinski definition) is 2. The number of carboxylic acids is 1. The Labute approximate surface area is 204 Å². The third kappa shape index (κ3) is 6.79. The minimum atomic E-state index is -0.893. The molecule has 0 aromatic heterocycles. The van der Waals surface area contributed by atoms with Crippen LogP contribution in [0.3, 0.4) is 0 Å². The van der Waals surface area contributed by atoms with E-state index in [0.717, 1.165) is 30.4 Å². The number of nitrogens with zero attached hydrogens (tertiary/aromatic N) is 1. The Balaban J connectivity index is 1.64. The van der Waals surface area contributed by atoms with Gasteiger partial charge in [-0.15, -0.1) is 0 Å². The van der Waals surface area contributed by atoms with Crippen LogP contribution in [-0.4, -0.2) is 61.9 Å². The largest absolute Gasteiger partial charge is 0.493 e. The molecule has 0 spiro atoms. The van der Waals surface area contributed by atoms with E-state index in [1.165, 1.54) is 0 Å². The quantitative estimate of drug-likeness (QED) is 0.667. The van der Waals surface area contributed by atoms with E-state index < -0.39 is 5.97 Å². The van der Waals surface area contributed by atoms with Crippen molar-refractivity contribution in [1.29, 1.82) is 0 Å². The summed E-state index contributed by atoms with van der Waals surface area (Å²) in [5.74, 6) is 1.55. The van der Waals surface area contributed by atoms with Gasteiger partial charge in [-0.1, -0.05) is 12.1 Å². The van der Waals surface area contributed by atoms with Gasteiger partial charge in [-0.3, -0.25) is 14.5 Å². The molecule has 188 valence electrons. The second-order valence-corrected chi connectivity index (χ2v) is 8.74. The van der Waals surface area contributed by atoms with Gasteiger partial charge in [-0.2, -0.15) is 0 Å².